The van der Waals surface area contributed by atoms with E-state index in [4.69, 9.17) is 5.84 Å². The van der Waals surface area contributed by atoms with Crippen LogP contribution in [0.1, 0.15) is 32.1 Å². The maximum absolute atomic E-state index is 12.7. The number of hydrazine groups is 1. The van der Waals surface area contributed by atoms with Gasteiger partial charge >= 0.3 is 0 Å². The number of aliphatic hydroxyl groups is 1. The fraction of sp³-hybridized carbons (Fsp3) is 0.615. The van der Waals surface area contributed by atoms with Crippen LogP contribution in [0.4, 0.5) is 5.82 Å². The molecule has 2 rings (SSSR count). The minimum absolute atomic E-state index is 0.0387. The lowest BCUT2D eigenvalue weighted by atomic mass is 9.95. The van der Waals surface area contributed by atoms with Crippen LogP contribution in [0.2, 0.25) is 0 Å². The van der Waals surface area contributed by atoms with Crippen molar-refractivity contribution in [2.45, 2.75) is 43.0 Å². The number of nitrogens with two attached hydrogens (primary N) is 1. The van der Waals surface area contributed by atoms with Crippen molar-refractivity contribution in [2.75, 3.05) is 18.6 Å². The van der Waals surface area contributed by atoms with E-state index in [-0.39, 0.29) is 24.1 Å². The molecule has 1 aromatic rings. The van der Waals surface area contributed by atoms with Gasteiger partial charge < -0.3 is 10.5 Å². The quantitative estimate of drug-likeness (QED) is 0.526. The molecule has 1 fully saturated rings. The van der Waals surface area contributed by atoms with Gasteiger partial charge in [-0.2, -0.15) is 4.31 Å². The van der Waals surface area contributed by atoms with Gasteiger partial charge in [0.05, 0.1) is 6.61 Å². The predicted octanol–water partition coefficient (Wildman–Crippen LogP) is 0.683. The molecule has 21 heavy (non-hydrogen) atoms. The molecule has 0 amide bonds. The predicted molar refractivity (Wildman–Crippen MR) is 79.9 cm³/mol. The van der Waals surface area contributed by atoms with Gasteiger partial charge in [0.15, 0.2) is 0 Å². The fourth-order valence-electron chi connectivity index (χ4n) is 2.72. The molecule has 1 aliphatic rings. The highest BCUT2D eigenvalue weighted by Crippen LogP contribution is 2.27. The Hall–Kier alpha value is -1.22. The monoisotopic (exact) mass is 314 g/mol. The number of rotatable bonds is 6. The summed E-state index contributed by atoms with van der Waals surface area (Å²) in [5, 5.41) is 9.21. The summed E-state index contributed by atoms with van der Waals surface area (Å²) in [5.41, 5.74) is 2.36. The lowest BCUT2D eigenvalue weighted by molar-refractivity contribution is 0.199. The summed E-state index contributed by atoms with van der Waals surface area (Å²) in [5.74, 6) is 5.63. The third-order valence-corrected chi connectivity index (χ3v) is 5.73. The molecular weight excluding hydrogens is 292 g/mol. The Kier molecular flexibility index (Phi) is 5.51. The van der Waals surface area contributed by atoms with Crippen molar-refractivity contribution >= 4 is 15.8 Å². The van der Waals surface area contributed by atoms with E-state index in [0.717, 1.165) is 32.1 Å². The third kappa shape index (κ3) is 3.70. The number of nitrogens with one attached hydrogen (secondary N) is 1. The zero-order valence-electron chi connectivity index (χ0n) is 11.9. The maximum Gasteiger partial charge on any atom is 0.244 e. The van der Waals surface area contributed by atoms with Crippen LogP contribution in [0.5, 0.6) is 0 Å². The van der Waals surface area contributed by atoms with E-state index in [1.165, 1.54) is 22.6 Å². The highest BCUT2D eigenvalue weighted by molar-refractivity contribution is 7.89. The molecule has 0 aliphatic heterocycles. The Morgan fingerprint density at radius 2 is 2.05 bits per heavy atom. The summed E-state index contributed by atoms with van der Waals surface area (Å²) in [7, 11) is -3.65. The fourth-order valence-corrected chi connectivity index (χ4v) is 4.34. The lowest BCUT2D eigenvalue weighted by Gasteiger charge is -2.32. The normalized spacial score (nSPS) is 17.1. The molecule has 7 nitrogen and oxygen atoms in total. The first kappa shape index (κ1) is 16.2. The van der Waals surface area contributed by atoms with Crippen LogP contribution >= 0.6 is 0 Å². The summed E-state index contributed by atoms with van der Waals surface area (Å²) in [6.07, 6.45) is 6.16. The highest BCUT2D eigenvalue weighted by atomic mass is 32.2. The smallest absolute Gasteiger partial charge is 0.244 e. The van der Waals surface area contributed by atoms with Crippen molar-refractivity contribution in [2.24, 2.45) is 5.84 Å². The molecule has 1 heterocycles. The maximum atomic E-state index is 12.7. The van der Waals surface area contributed by atoms with Crippen LogP contribution in [0.15, 0.2) is 23.2 Å². The minimum atomic E-state index is -3.65. The van der Waals surface area contributed by atoms with E-state index in [9.17, 15) is 13.5 Å². The summed E-state index contributed by atoms with van der Waals surface area (Å²) in [4.78, 5) is 4.07. The molecular formula is C13H22N4O3S. The summed E-state index contributed by atoms with van der Waals surface area (Å²) in [6.45, 7) is -0.0739. The van der Waals surface area contributed by atoms with E-state index in [1.54, 1.807) is 0 Å². The van der Waals surface area contributed by atoms with E-state index in [2.05, 4.69) is 10.4 Å². The Bertz CT molecular complexity index is 541. The zero-order chi connectivity index (χ0) is 15.3. The number of hydrogen-bond acceptors (Lipinski definition) is 6. The van der Waals surface area contributed by atoms with Crippen molar-refractivity contribution in [3.8, 4) is 0 Å². The van der Waals surface area contributed by atoms with Gasteiger partial charge in [-0.15, -0.1) is 0 Å². The minimum Gasteiger partial charge on any atom is -0.395 e. The molecule has 1 aliphatic carbocycles. The van der Waals surface area contributed by atoms with Crippen molar-refractivity contribution < 1.29 is 13.5 Å². The standard InChI is InChI=1S/C13H22N4O3S/c14-16-13-7-6-12(10-15-13)21(19,20)17(8-9-18)11-4-2-1-3-5-11/h6-7,10-11,18H,1-5,8-9,14H2,(H,15,16). The molecule has 0 atom stereocenters. The first-order valence-electron chi connectivity index (χ1n) is 7.15. The molecule has 0 aromatic carbocycles. The second-order valence-corrected chi connectivity index (χ2v) is 7.05. The van der Waals surface area contributed by atoms with Gasteiger partial charge in [-0.3, -0.25) is 0 Å². The molecule has 1 aromatic heterocycles. The second-order valence-electron chi connectivity index (χ2n) is 5.15. The van der Waals surface area contributed by atoms with Gasteiger partial charge in [-0.25, -0.2) is 19.2 Å². The molecule has 118 valence electrons. The van der Waals surface area contributed by atoms with E-state index >= 15 is 0 Å². The number of aromatic nitrogens is 1. The van der Waals surface area contributed by atoms with Crippen LogP contribution in [-0.4, -0.2) is 42.0 Å². The van der Waals surface area contributed by atoms with Crippen LogP contribution < -0.4 is 11.3 Å². The Morgan fingerprint density at radius 3 is 2.57 bits per heavy atom. The largest absolute Gasteiger partial charge is 0.395 e. The Labute approximate surface area is 125 Å². The van der Waals surface area contributed by atoms with Crippen molar-refractivity contribution in [3.05, 3.63) is 18.3 Å². The molecule has 4 N–H and O–H groups in total. The average molecular weight is 314 g/mol. The first-order chi connectivity index (χ1) is 10.1. The highest BCUT2D eigenvalue weighted by Gasteiger charge is 2.32. The van der Waals surface area contributed by atoms with E-state index in [0.29, 0.717) is 5.82 Å². The van der Waals surface area contributed by atoms with Crippen LogP contribution in [0.25, 0.3) is 0 Å². The van der Waals surface area contributed by atoms with Crippen LogP contribution in [-0.2, 0) is 10.0 Å². The number of anilines is 1. The van der Waals surface area contributed by atoms with E-state index in [1.807, 2.05) is 0 Å². The van der Waals surface area contributed by atoms with Gasteiger partial charge in [0.2, 0.25) is 10.0 Å². The topological polar surface area (TPSA) is 109 Å². The number of pyridine rings is 1. The van der Waals surface area contributed by atoms with Crippen molar-refractivity contribution in [3.63, 3.8) is 0 Å². The average Bonchev–Trinajstić information content (AvgIpc) is 2.53. The number of sulfonamides is 1. The number of nitrogen functional groups attached to an aromatic ring is 1. The number of hydrogen-bond donors (Lipinski definition) is 3. The number of aliphatic hydroxyl groups excluding tert-OH is 1. The molecule has 0 radical (unpaired) electrons. The van der Waals surface area contributed by atoms with Gasteiger partial charge in [0, 0.05) is 18.8 Å². The SMILES string of the molecule is NNc1ccc(S(=O)(=O)N(CCO)C2CCCCC2)cn1. The van der Waals surface area contributed by atoms with Crippen LogP contribution in [0, 0.1) is 0 Å². The summed E-state index contributed by atoms with van der Waals surface area (Å²) in [6, 6.07) is 2.96. The van der Waals surface area contributed by atoms with Gasteiger partial charge in [0.1, 0.15) is 10.7 Å². The number of nitrogens with zero attached hydrogens (tertiary/aromatic N) is 2. The zero-order valence-corrected chi connectivity index (χ0v) is 12.7. The summed E-state index contributed by atoms with van der Waals surface area (Å²) >= 11 is 0. The van der Waals surface area contributed by atoms with Gasteiger partial charge in [0.25, 0.3) is 0 Å². The third-order valence-electron chi connectivity index (χ3n) is 3.79. The van der Waals surface area contributed by atoms with Gasteiger partial charge in [-0.1, -0.05) is 19.3 Å². The Balaban J connectivity index is 2.27. The molecule has 0 unspecified atom stereocenters. The molecule has 1 saturated carbocycles. The molecule has 0 saturated heterocycles. The molecule has 8 heteroatoms. The van der Waals surface area contributed by atoms with Crippen molar-refractivity contribution in [1.82, 2.24) is 9.29 Å². The first-order valence-corrected chi connectivity index (χ1v) is 8.59. The van der Waals surface area contributed by atoms with Gasteiger partial charge in [-0.05, 0) is 25.0 Å². The lowest BCUT2D eigenvalue weighted by Crippen LogP contribution is -2.43. The van der Waals surface area contributed by atoms with E-state index < -0.39 is 10.0 Å². The molecule has 0 bridgehead atoms. The molecule has 0 spiro atoms. The second kappa shape index (κ2) is 7.17. The van der Waals surface area contributed by atoms with Crippen molar-refractivity contribution in [1.29, 1.82) is 0 Å². The van der Waals surface area contributed by atoms with Crippen LogP contribution in [0.3, 0.4) is 0 Å². The summed E-state index contributed by atoms with van der Waals surface area (Å²) < 4.78 is 26.9. The Morgan fingerprint density at radius 1 is 1.33 bits per heavy atom.